The number of benzene rings is 2. The van der Waals surface area contributed by atoms with E-state index in [0.717, 1.165) is 37.2 Å². The van der Waals surface area contributed by atoms with Gasteiger partial charge in [0.1, 0.15) is 0 Å². The fraction of sp³-hybridized carbons (Fsp3) is 0.348. The molecular weight excluding hydrogens is 320 g/mol. The predicted octanol–water partition coefficient (Wildman–Crippen LogP) is 4.98. The number of fused-ring (bicyclic) bond motifs is 1. The first-order valence-electron chi connectivity index (χ1n) is 9.57. The van der Waals surface area contributed by atoms with Crippen LogP contribution in [0.3, 0.4) is 0 Å². The Morgan fingerprint density at radius 2 is 1.88 bits per heavy atom. The van der Waals surface area contributed by atoms with Crippen molar-refractivity contribution in [3.8, 4) is 0 Å². The molecule has 3 rings (SSSR count). The highest BCUT2D eigenvalue weighted by molar-refractivity contribution is 5.94. The number of anilines is 1. The first kappa shape index (κ1) is 18.2. The van der Waals surface area contributed by atoms with Crippen molar-refractivity contribution in [2.75, 3.05) is 18.0 Å². The molecule has 0 bridgehead atoms. The second-order valence-electron chi connectivity index (χ2n) is 6.74. The largest absolute Gasteiger partial charge is 0.372 e. The van der Waals surface area contributed by atoms with E-state index >= 15 is 0 Å². The highest BCUT2D eigenvalue weighted by Crippen LogP contribution is 2.32. The number of carbonyl (C=O) groups is 1. The highest BCUT2D eigenvalue weighted by atomic mass is 16.1. The van der Waals surface area contributed by atoms with Crippen LogP contribution in [0.15, 0.2) is 48.5 Å². The molecule has 1 aliphatic carbocycles. The number of rotatable bonds is 6. The number of carbonyl (C=O) groups excluding carboxylic acids is 1. The van der Waals surface area contributed by atoms with Crippen molar-refractivity contribution in [3.63, 3.8) is 0 Å². The topological polar surface area (TPSA) is 32.3 Å². The maximum atomic E-state index is 12.7. The Bertz CT molecular complexity index is 788. The van der Waals surface area contributed by atoms with Crippen LogP contribution in [0.5, 0.6) is 0 Å². The summed E-state index contributed by atoms with van der Waals surface area (Å²) in [6.07, 6.45) is 6.16. The van der Waals surface area contributed by atoms with Gasteiger partial charge in [-0.1, -0.05) is 30.4 Å². The molecule has 0 fully saturated rings. The van der Waals surface area contributed by atoms with Crippen LogP contribution in [0.4, 0.5) is 5.69 Å². The minimum Gasteiger partial charge on any atom is -0.372 e. The van der Waals surface area contributed by atoms with Crippen molar-refractivity contribution in [1.82, 2.24) is 5.32 Å². The van der Waals surface area contributed by atoms with E-state index in [4.69, 9.17) is 0 Å². The van der Waals surface area contributed by atoms with Crippen molar-refractivity contribution in [1.29, 1.82) is 0 Å². The van der Waals surface area contributed by atoms with Gasteiger partial charge in [-0.25, -0.2) is 0 Å². The summed E-state index contributed by atoms with van der Waals surface area (Å²) < 4.78 is 0. The molecule has 0 aromatic heterocycles. The first-order valence-corrected chi connectivity index (χ1v) is 9.57. The Morgan fingerprint density at radius 3 is 2.54 bits per heavy atom. The molecule has 2 aromatic carbocycles. The summed E-state index contributed by atoms with van der Waals surface area (Å²) in [4.78, 5) is 14.9. The maximum Gasteiger partial charge on any atom is 0.251 e. The lowest BCUT2D eigenvalue weighted by Crippen LogP contribution is -2.27. The first-order chi connectivity index (χ1) is 12.7. The molecule has 136 valence electrons. The molecule has 1 amide bonds. The third-order valence-corrected chi connectivity index (χ3v) is 5.17. The fourth-order valence-corrected chi connectivity index (χ4v) is 3.74. The molecule has 1 atom stereocenters. The van der Waals surface area contributed by atoms with Crippen molar-refractivity contribution in [2.45, 2.75) is 39.7 Å². The van der Waals surface area contributed by atoms with E-state index in [-0.39, 0.29) is 11.9 Å². The molecule has 1 N–H and O–H groups in total. The molecular formula is C23H28N2O. The molecule has 0 aliphatic heterocycles. The average Bonchev–Trinajstić information content (AvgIpc) is 3.05. The van der Waals surface area contributed by atoms with E-state index in [0.29, 0.717) is 0 Å². The van der Waals surface area contributed by atoms with Gasteiger partial charge in [-0.05, 0) is 74.6 Å². The van der Waals surface area contributed by atoms with Gasteiger partial charge in [0.05, 0.1) is 6.04 Å². The van der Waals surface area contributed by atoms with E-state index in [1.807, 2.05) is 31.2 Å². The van der Waals surface area contributed by atoms with Crippen LogP contribution in [0, 0.1) is 0 Å². The zero-order chi connectivity index (χ0) is 18.5. The summed E-state index contributed by atoms with van der Waals surface area (Å²) in [7, 11) is 0. The molecule has 2 aromatic rings. The summed E-state index contributed by atoms with van der Waals surface area (Å²) in [6.45, 7) is 8.25. The van der Waals surface area contributed by atoms with Crippen LogP contribution in [-0.4, -0.2) is 19.0 Å². The number of aryl methyl sites for hydroxylation is 1. The van der Waals surface area contributed by atoms with E-state index in [2.05, 4.69) is 54.4 Å². The van der Waals surface area contributed by atoms with Gasteiger partial charge in [-0.2, -0.15) is 0 Å². The SMILES string of the molecule is C/C=C/c1ccc2c(c1)CCC2NC(=O)c1ccc(N(CC)CC)cc1. The second-order valence-corrected chi connectivity index (χ2v) is 6.74. The van der Waals surface area contributed by atoms with Gasteiger partial charge >= 0.3 is 0 Å². The van der Waals surface area contributed by atoms with Crippen LogP contribution in [-0.2, 0) is 6.42 Å². The third-order valence-electron chi connectivity index (χ3n) is 5.17. The van der Waals surface area contributed by atoms with Gasteiger partial charge in [0.2, 0.25) is 0 Å². The summed E-state index contributed by atoms with van der Waals surface area (Å²) in [6, 6.07) is 14.6. The second kappa shape index (κ2) is 8.22. The molecule has 26 heavy (non-hydrogen) atoms. The molecule has 0 heterocycles. The Hall–Kier alpha value is -2.55. The van der Waals surface area contributed by atoms with Crippen LogP contribution >= 0.6 is 0 Å². The zero-order valence-electron chi connectivity index (χ0n) is 16.0. The van der Waals surface area contributed by atoms with Gasteiger partial charge in [0.15, 0.2) is 0 Å². The van der Waals surface area contributed by atoms with Crippen LogP contribution in [0.25, 0.3) is 6.08 Å². The number of allylic oxidation sites excluding steroid dienone is 1. The summed E-state index contributed by atoms with van der Waals surface area (Å²) >= 11 is 0. The predicted molar refractivity (Wildman–Crippen MR) is 110 cm³/mol. The number of hydrogen-bond acceptors (Lipinski definition) is 2. The third kappa shape index (κ3) is 3.82. The van der Waals surface area contributed by atoms with Crippen LogP contribution in [0.2, 0.25) is 0 Å². The van der Waals surface area contributed by atoms with Gasteiger partial charge in [-0.15, -0.1) is 0 Å². The Balaban J connectivity index is 1.70. The van der Waals surface area contributed by atoms with Gasteiger partial charge in [0.25, 0.3) is 5.91 Å². The lowest BCUT2D eigenvalue weighted by Gasteiger charge is -2.21. The molecule has 3 heteroatoms. The molecule has 1 unspecified atom stereocenters. The minimum absolute atomic E-state index is 0.00600. The van der Waals surface area contributed by atoms with E-state index < -0.39 is 0 Å². The van der Waals surface area contributed by atoms with E-state index in [1.165, 1.54) is 16.7 Å². The van der Waals surface area contributed by atoms with Crippen molar-refractivity contribution < 1.29 is 4.79 Å². The molecule has 0 spiro atoms. The fourth-order valence-electron chi connectivity index (χ4n) is 3.74. The Morgan fingerprint density at radius 1 is 1.15 bits per heavy atom. The molecule has 3 nitrogen and oxygen atoms in total. The van der Waals surface area contributed by atoms with Crippen molar-refractivity contribution in [2.24, 2.45) is 0 Å². The quantitative estimate of drug-likeness (QED) is 0.798. The van der Waals surface area contributed by atoms with E-state index in [9.17, 15) is 4.79 Å². The van der Waals surface area contributed by atoms with Gasteiger partial charge in [0, 0.05) is 24.3 Å². The average molecular weight is 348 g/mol. The number of nitrogens with zero attached hydrogens (tertiary/aromatic N) is 1. The lowest BCUT2D eigenvalue weighted by molar-refractivity contribution is 0.0937. The summed E-state index contributed by atoms with van der Waals surface area (Å²) in [5, 5.41) is 3.21. The van der Waals surface area contributed by atoms with E-state index in [1.54, 1.807) is 0 Å². The summed E-state index contributed by atoms with van der Waals surface area (Å²) in [5.74, 6) is 0.00600. The normalized spacial score (nSPS) is 15.9. The Kier molecular flexibility index (Phi) is 5.77. The van der Waals surface area contributed by atoms with Gasteiger partial charge < -0.3 is 10.2 Å². The molecule has 0 saturated carbocycles. The number of nitrogens with one attached hydrogen (secondary N) is 1. The van der Waals surface area contributed by atoms with Crippen LogP contribution in [0.1, 0.15) is 60.3 Å². The van der Waals surface area contributed by atoms with Crippen molar-refractivity contribution in [3.05, 3.63) is 70.8 Å². The molecule has 0 radical (unpaired) electrons. The van der Waals surface area contributed by atoms with Crippen molar-refractivity contribution >= 4 is 17.7 Å². The Labute approximate surface area is 156 Å². The number of hydrogen-bond donors (Lipinski definition) is 1. The summed E-state index contributed by atoms with van der Waals surface area (Å²) in [5.41, 5.74) is 5.72. The van der Waals surface area contributed by atoms with Gasteiger partial charge in [-0.3, -0.25) is 4.79 Å². The standard InChI is InChI=1S/C23H28N2O/c1-4-7-17-8-14-21-19(16-17)11-15-22(21)24-23(26)18-9-12-20(13-10-18)25(5-2)6-3/h4,7-10,12-14,16,22H,5-6,11,15H2,1-3H3,(H,24,26)/b7-4+. The molecule has 1 aliphatic rings. The lowest BCUT2D eigenvalue weighted by atomic mass is 10.0. The highest BCUT2D eigenvalue weighted by Gasteiger charge is 2.24. The zero-order valence-corrected chi connectivity index (χ0v) is 16.0. The smallest absolute Gasteiger partial charge is 0.251 e. The molecule has 0 saturated heterocycles. The number of amides is 1. The van der Waals surface area contributed by atoms with Crippen LogP contribution < -0.4 is 10.2 Å². The minimum atomic E-state index is 0.00600. The maximum absolute atomic E-state index is 12.7. The monoisotopic (exact) mass is 348 g/mol.